The Morgan fingerprint density at radius 1 is 1.22 bits per heavy atom. The van der Waals surface area contributed by atoms with E-state index in [1.807, 2.05) is 0 Å². The Bertz CT molecular complexity index is 400. The Morgan fingerprint density at radius 3 is 2.67 bits per heavy atom. The molecule has 0 saturated carbocycles. The molecule has 2 nitrogen and oxygen atoms in total. The van der Waals surface area contributed by atoms with Crippen LogP contribution in [0.15, 0.2) is 18.2 Å². The minimum Gasteiger partial charge on any atom is -0.330 e. The number of rotatable bonds is 3. The number of benzene rings is 1. The summed E-state index contributed by atoms with van der Waals surface area (Å²) in [6.07, 6.45) is 2.58. The van der Waals surface area contributed by atoms with Gasteiger partial charge in [0.15, 0.2) is 0 Å². The van der Waals surface area contributed by atoms with Crippen LogP contribution in [0.1, 0.15) is 36.5 Å². The number of piperidine rings is 1. The van der Waals surface area contributed by atoms with Gasteiger partial charge in [0.1, 0.15) is 0 Å². The molecule has 2 rings (SSSR count). The lowest BCUT2D eigenvalue weighted by atomic mass is 9.93. The molecular weight excluding hydrogens is 220 g/mol. The predicted molar refractivity (Wildman–Crippen MR) is 77.6 cm³/mol. The Labute approximate surface area is 111 Å². The van der Waals surface area contributed by atoms with Gasteiger partial charge in [-0.3, -0.25) is 4.90 Å². The molecule has 0 bridgehead atoms. The van der Waals surface area contributed by atoms with Crippen LogP contribution in [0, 0.1) is 19.8 Å². The lowest BCUT2D eigenvalue weighted by molar-refractivity contribution is 0.113. The van der Waals surface area contributed by atoms with Crippen molar-refractivity contribution in [3.8, 4) is 0 Å². The molecule has 2 heteroatoms. The quantitative estimate of drug-likeness (QED) is 0.888. The summed E-state index contributed by atoms with van der Waals surface area (Å²) in [4.78, 5) is 2.59. The van der Waals surface area contributed by atoms with Crippen LogP contribution >= 0.6 is 0 Å². The Hall–Kier alpha value is -0.860. The fourth-order valence-corrected chi connectivity index (χ4v) is 2.81. The molecule has 0 aromatic heterocycles. The Kier molecular flexibility index (Phi) is 4.41. The van der Waals surface area contributed by atoms with E-state index in [0.29, 0.717) is 12.0 Å². The molecule has 0 aliphatic carbocycles. The highest BCUT2D eigenvalue weighted by atomic mass is 15.2. The minimum absolute atomic E-state index is 0.688. The first kappa shape index (κ1) is 13.6. The molecule has 1 aromatic carbocycles. The number of nitrogens with zero attached hydrogens (tertiary/aromatic N) is 1. The van der Waals surface area contributed by atoms with Gasteiger partial charge in [0.05, 0.1) is 0 Å². The van der Waals surface area contributed by atoms with Gasteiger partial charge in [-0.2, -0.15) is 0 Å². The second-order valence-electron chi connectivity index (χ2n) is 5.88. The summed E-state index contributed by atoms with van der Waals surface area (Å²) < 4.78 is 0. The van der Waals surface area contributed by atoms with Crippen LogP contribution < -0.4 is 5.73 Å². The summed E-state index contributed by atoms with van der Waals surface area (Å²) in [6.45, 7) is 9.77. The van der Waals surface area contributed by atoms with Gasteiger partial charge in [0.2, 0.25) is 0 Å². The van der Waals surface area contributed by atoms with Crippen molar-refractivity contribution in [3.63, 3.8) is 0 Å². The summed E-state index contributed by atoms with van der Waals surface area (Å²) in [5.74, 6) is 0.688. The van der Waals surface area contributed by atoms with E-state index in [2.05, 4.69) is 43.9 Å². The number of nitrogens with two attached hydrogens (primary N) is 1. The van der Waals surface area contributed by atoms with Gasteiger partial charge in [-0.1, -0.05) is 18.2 Å². The Balaban J connectivity index is 2.04. The predicted octanol–water partition coefficient (Wildman–Crippen LogP) is 2.86. The zero-order chi connectivity index (χ0) is 13.1. The number of aryl methyl sites for hydroxylation is 2. The van der Waals surface area contributed by atoms with Crippen LogP contribution in [0.3, 0.4) is 0 Å². The summed E-state index contributed by atoms with van der Waals surface area (Å²) in [6, 6.07) is 7.52. The maximum absolute atomic E-state index is 5.82. The van der Waals surface area contributed by atoms with E-state index in [0.717, 1.165) is 19.6 Å². The molecule has 18 heavy (non-hydrogen) atoms. The molecule has 2 atom stereocenters. The summed E-state index contributed by atoms with van der Waals surface area (Å²) >= 11 is 0. The van der Waals surface area contributed by atoms with Gasteiger partial charge in [0, 0.05) is 19.1 Å². The van der Waals surface area contributed by atoms with Crippen LogP contribution in [0.5, 0.6) is 0 Å². The van der Waals surface area contributed by atoms with Crippen LogP contribution in [-0.4, -0.2) is 24.0 Å². The first-order chi connectivity index (χ1) is 8.60. The highest BCUT2D eigenvalue weighted by molar-refractivity contribution is 5.29. The monoisotopic (exact) mass is 246 g/mol. The number of hydrogen-bond acceptors (Lipinski definition) is 2. The lowest BCUT2D eigenvalue weighted by Crippen LogP contribution is -2.43. The van der Waals surface area contributed by atoms with Gasteiger partial charge in [-0.25, -0.2) is 0 Å². The molecule has 2 N–H and O–H groups in total. The molecule has 0 spiro atoms. The summed E-state index contributed by atoms with van der Waals surface area (Å²) in [5.41, 5.74) is 10.0. The second kappa shape index (κ2) is 5.85. The number of likely N-dealkylation sites (tertiary alicyclic amines) is 1. The van der Waals surface area contributed by atoms with Crippen molar-refractivity contribution < 1.29 is 0 Å². The molecule has 0 radical (unpaired) electrons. The van der Waals surface area contributed by atoms with Gasteiger partial charge in [0.25, 0.3) is 0 Å². The fourth-order valence-electron chi connectivity index (χ4n) is 2.81. The second-order valence-corrected chi connectivity index (χ2v) is 5.88. The minimum atomic E-state index is 0.688. The van der Waals surface area contributed by atoms with Crippen LogP contribution in [-0.2, 0) is 6.54 Å². The summed E-state index contributed by atoms with van der Waals surface area (Å²) in [5, 5.41) is 0. The zero-order valence-corrected chi connectivity index (χ0v) is 11.9. The van der Waals surface area contributed by atoms with Crippen molar-refractivity contribution in [2.75, 3.05) is 13.1 Å². The van der Waals surface area contributed by atoms with Crippen molar-refractivity contribution in [2.24, 2.45) is 11.7 Å². The molecule has 1 aliphatic heterocycles. The third-order valence-electron chi connectivity index (χ3n) is 4.40. The van der Waals surface area contributed by atoms with Crippen molar-refractivity contribution >= 4 is 0 Å². The molecule has 1 heterocycles. The van der Waals surface area contributed by atoms with Crippen molar-refractivity contribution in [3.05, 3.63) is 34.9 Å². The van der Waals surface area contributed by atoms with E-state index in [4.69, 9.17) is 5.73 Å². The van der Waals surface area contributed by atoms with Crippen molar-refractivity contribution in [1.29, 1.82) is 0 Å². The highest BCUT2D eigenvalue weighted by Gasteiger charge is 2.24. The highest BCUT2D eigenvalue weighted by Crippen LogP contribution is 2.23. The van der Waals surface area contributed by atoms with Gasteiger partial charge in [-0.05, 0) is 62.8 Å². The van der Waals surface area contributed by atoms with E-state index in [1.165, 1.54) is 29.5 Å². The normalized spacial score (nSPS) is 25.3. The smallest absolute Gasteiger partial charge is 0.0236 e. The van der Waals surface area contributed by atoms with Crippen LogP contribution in [0.2, 0.25) is 0 Å². The fraction of sp³-hybridized carbons (Fsp3) is 0.625. The van der Waals surface area contributed by atoms with Crippen molar-refractivity contribution in [2.45, 2.75) is 46.2 Å². The van der Waals surface area contributed by atoms with Crippen LogP contribution in [0.4, 0.5) is 0 Å². The van der Waals surface area contributed by atoms with E-state index < -0.39 is 0 Å². The lowest BCUT2D eigenvalue weighted by Gasteiger charge is -2.37. The first-order valence-electron chi connectivity index (χ1n) is 7.10. The van der Waals surface area contributed by atoms with Gasteiger partial charge >= 0.3 is 0 Å². The first-order valence-corrected chi connectivity index (χ1v) is 7.10. The average molecular weight is 246 g/mol. The average Bonchev–Trinajstić information content (AvgIpc) is 2.36. The molecule has 1 aliphatic rings. The van der Waals surface area contributed by atoms with E-state index >= 15 is 0 Å². The van der Waals surface area contributed by atoms with Crippen molar-refractivity contribution in [1.82, 2.24) is 4.90 Å². The molecule has 1 fully saturated rings. The standard InChI is InChI=1S/C16H26N2/c1-12-4-6-15(8-13(12)2)10-18-11-16(9-17)7-5-14(18)3/h4,6,8,14,16H,5,7,9-11,17H2,1-3H3. The molecule has 2 unspecified atom stereocenters. The Morgan fingerprint density at radius 2 is 2.00 bits per heavy atom. The van der Waals surface area contributed by atoms with Gasteiger partial charge in [-0.15, -0.1) is 0 Å². The van der Waals surface area contributed by atoms with Crippen LogP contribution in [0.25, 0.3) is 0 Å². The molecule has 1 aromatic rings. The third-order valence-corrected chi connectivity index (χ3v) is 4.40. The summed E-state index contributed by atoms with van der Waals surface area (Å²) in [7, 11) is 0. The zero-order valence-electron chi connectivity index (χ0n) is 11.9. The number of hydrogen-bond donors (Lipinski definition) is 1. The van der Waals surface area contributed by atoms with E-state index in [9.17, 15) is 0 Å². The largest absolute Gasteiger partial charge is 0.330 e. The van der Waals surface area contributed by atoms with E-state index in [-0.39, 0.29) is 0 Å². The maximum atomic E-state index is 5.82. The molecule has 100 valence electrons. The maximum Gasteiger partial charge on any atom is 0.0236 e. The molecule has 1 saturated heterocycles. The van der Waals surface area contributed by atoms with Gasteiger partial charge < -0.3 is 5.73 Å². The topological polar surface area (TPSA) is 29.3 Å². The molecule has 0 amide bonds. The molecular formula is C16H26N2. The SMILES string of the molecule is Cc1ccc(CN2CC(CN)CCC2C)cc1C. The third kappa shape index (κ3) is 3.12. The van der Waals surface area contributed by atoms with E-state index in [1.54, 1.807) is 0 Å².